The van der Waals surface area contributed by atoms with E-state index in [0.717, 1.165) is 16.8 Å². The molecule has 1 aliphatic rings. The molecule has 1 fully saturated rings. The maximum absolute atomic E-state index is 12.9. The molecule has 0 spiro atoms. The smallest absolute Gasteiger partial charge is 0.308 e. The van der Waals surface area contributed by atoms with Crippen LogP contribution < -0.4 is 10.6 Å². The molecule has 2 aromatic heterocycles. The van der Waals surface area contributed by atoms with Gasteiger partial charge in [-0.3, -0.25) is 19.4 Å². The standard InChI is InChI=1S/C32H27N5O5/c38-29(16-20-8-13-27-28(15-20)42-32(36-27)35-24-7-4-14-33-17-24)34-23-11-9-21(10-12-23)25-18-37(19-26(25)31(40)41)30(39)22-5-2-1-3-6-22/h1-15,17,25-26H,16,18-19H2,(H,34,38)(H,35,36)(H,40,41). The molecule has 2 unspecified atom stereocenters. The summed E-state index contributed by atoms with van der Waals surface area (Å²) in [6, 6.07) is 25.4. The lowest BCUT2D eigenvalue weighted by atomic mass is 9.89. The third-order valence-electron chi connectivity index (χ3n) is 7.30. The summed E-state index contributed by atoms with van der Waals surface area (Å²) >= 11 is 0. The molecule has 0 aliphatic carbocycles. The Labute approximate surface area is 241 Å². The second-order valence-corrected chi connectivity index (χ2v) is 10.2. The number of hydrogen-bond acceptors (Lipinski definition) is 7. The van der Waals surface area contributed by atoms with E-state index >= 15 is 0 Å². The number of likely N-dealkylation sites (tertiary alicyclic amines) is 1. The van der Waals surface area contributed by atoms with Crippen molar-refractivity contribution in [2.45, 2.75) is 12.3 Å². The number of aromatic nitrogens is 2. The molecule has 3 aromatic carbocycles. The van der Waals surface area contributed by atoms with Gasteiger partial charge in [-0.2, -0.15) is 4.98 Å². The molecule has 10 nitrogen and oxygen atoms in total. The number of rotatable bonds is 8. The van der Waals surface area contributed by atoms with Gasteiger partial charge < -0.3 is 25.1 Å². The Morgan fingerprint density at radius 3 is 2.48 bits per heavy atom. The van der Waals surface area contributed by atoms with Gasteiger partial charge in [-0.1, -0.05) is 36.4 Å². The monoisotopic (exact) mass is 561 g/mol. The Balaban J connectivity index is 1.09. The van der Waals surface area contributed by atoms with Crippen molar-refractivity contribution in [1.29, 1.82) is 0 Å². The number of nitrogens with one attached hydrogen (secondary N) is 2. The van der Waals surface area contributed by atoms with Gasteiger partial charge in [-0.05, 0) is 59.7 Å². The van der Waals surface area contributed by atoms with Crippen molar-refractivity contribution in [3.8, 4) is 0 Å². The number of oxazole rings is 1. The topological polar surface area (TPSA) is 138 Å². The van der Waals surface area contributed by atoms with E-state index in [1.54, 1.807) is 71.9 Å². The SMILES string of the molecule is O=C(Cc1ccc2nc(Nc3cccnc3)oc2c1)Nc1ccc(C2CN(C(=O)c3ccccc3)CC2C(=O)O)cc1. The number of pyridine rings is 1. The summed E-state index contributed by atoms with van der Waals surface area (Å²) < 4.78 is 5.80. The van der Waals surface area contributed by atoms with Crippen LogP contribution >= 0.6 is 0 Å². The van der Waals surface area contributed by atoms with E-state index in [9.17, 15) is 19.5 Å². The highest BCUT2D eigenvalue weighted by Gasteiger charge is 2.40. The summed E-state index contributed by atoms with van der Waals surface area (Å²) in [5, 5.41) is 15.8. The minimum atomic E-state index is -0.940. The summed E-state index contributed by atoms with van der Waals surface area (Å²) in [4.78, 5) is 47.8. The highest BCUT2D eigenvalue weighted by Crippen LogP contribution is 2.34. The summed E-state index contributed by atoms with van der Waals surface area (Å²) in [6.07, 6.45) is 3.47. The van der Waals surface area contributed by atoms with E-state index in [1.807, 2.05) is 30.3 Å². The minimum Gasteiger partial charge on any atom is -0.481 e. The highest BCUT2D eigenvalue weighted by atomic mass is 16.4. The van der Waals surface area contributed by atoms with Crippen LogP contribution in [-0.4, -0.2) is 50.8 Å². The predicted molar refractivity (Wildman–Crippen MR) is 157 cm³/mol. The van der Waals surface area contributed by atoms with Crippen LogP contribution in [0.15, 0.2) is 102 Å². The second kappa shape index (κ2) is 11.5. The van der Waals surface area contributed by atoms with Crippen molar-refractivity contribution >= 4 is 46.3 Å². The molecule has 0 bridgehead atoms. The maximum Gasteiger partial charge on any atom is 0.308 e. The first kappa shape index (κ1) is 26.7. The Hall–Kier alpha value is -5.51. The zero-order valence-electron chi connectivity index (χ0n) is 22.4. The van der Waals surface area contributed by atoms with E-state index in [-0.39, 0.29) is 30.7 Å². The molecule has 2 atom stereocenters. The van der Waals surface area contributed by atoms with Gasteiger partial charge in [0.05, 0.1) is 24.2 Å². The third-order valence-corrected chi connectivity index (χ3v) is 7.30. The molecule has 3 heterocycles. The molecule has 0 radical (unpaired) electrons. The van der Waals surface area contributed by atoms with Crippen LogP contribution in [0.1, 0.15) is 27.4 Å². The summed E-state index contributed by atoms with van der Waals surface area (Å²) in [7, 11) is 0. The lowest BCUT2D eigenvalue weighted by Crippen LogP contribution is -2.29. The van der Waals surface area contributed by atoms with Gasteiger partial charge in [0.1, 0.15) is 5.52 Å². The van der Waals surface area contributed by atoms with Crippen molar-refractivity contribution in [3.63, 3.8) is 0 Å². The fourth-order valence-electron chi connectivity index (χ4n) is 5.22. The van der Waals surface area contributed by atoms with Gasteiger partial charge in [-0.15, -0.1) is 0 Å². The number of carbonyl (C=O) groups excluding carboxylic acids is 2. The van der Waals surface area contributed by atoms with Crippen molar-refractivity contribution in [3.05, 3.63) is 114 Å². The van der Waals surface area contributed by atoms with Crippen LogP contribution in [0.5, 0.6) is 0 Å². The average molecular weight is 562 g/mol. The zero-order chi connectivity index (χ0) is 29.1. The van der Waals surface area contributed by atoms with Gasteiger partial charge in [0.15, 0.2) is 5.58 Å². The van der Waals surface area contributed by atoms with E-state index < -0.39 is 11.9 Å². The van der Waals surface area contributed by atoms with Crippen LogP contribution in [0.25, 0.3) is 11.1 Å². The molecule has 1 saturated heterocycles. The van der Waals surface area contributed by atoms with Crippen molar-refractivity contribution in [1.82, 2.24) is 14.9 Å². The van der Waals surface area contributed by atoms with Gasteiger partial charge in [-0.25, -0.2) is 0 Å². The highest BCUT2D eigenvalue weighted by molar-refractivity contribution is 5.95. The molecule has 0 saturated carbocycles. The third kappa shape index (κ3) is 5.83. The average Bonchev–Trinajstić information content (AvgIpc) is 3.62. The van der Waals surface area contributed by atoms with Crippen LogP contribution in [-0.2, 0) is 16.0 Å². The molecular weight excluding hydrogens is 534 g/mol. The molecule has 2 amide bonds. The summed E-state index contributed by atoms with van der Waals surface area (Å²) in [5.74, 6) is -2.41. The number of aliphatic carboxylic acids is 1. The quantitative estimate of drug-likeness (QED) is 0.238. The molecule has 10 heteroatoms. The molecule has 210 valence electrons. The fraction of sp³-hybridized carbons (Fsp3) is 0.156. The van der Waals surface area contributed by atoms with Gasteiger partial charge >= 0.3 is 5.97 Å². The fourth-order valence-corrected chi connectivity index (χ4v) is 5.22. The number of carboxylic acids is 1. The number of fused-ring (bicyclic) bond motifs is 1. The van der Waals surface area contributed by atoms with Gasteiger partial charge in [0.25, 0.3) is 11.9 Å². The van der Waals surface area contributed by atoms with E-state index in [4.69, 9.17) is 4.42 Å². The Bertz CT molecular complexity index is 1740. The number of hydrogen-bond donors (Lipinski definition) is 3. The predicted octanol–water partition coefficient (Wildman–Crippen LogP) is 5.09. The first-order chi connectivity index (χ1) is 20.4. The Morgan fingerprint density at radius 1 is 0.929 bits per heavy atom. The Kier molecular flexibility index (Phi) is 7.33. The molecule has 6 rings (SSSR count). The van der Waals surface area contributed by atoms with Crippen LogP contribution in [0, 0.1) is 5.92 Å². The lowest BCUT2D eigenvalue weighted by molar-refractivity contribution is -0.141. The summed E-state index contributed by atoms with van der Waals surface area (Å²) in [6.45, 7) is 0.447. The lowest BCUT2D eigenvalue weighted by Gasteiger charge is -2.17. The number of nitrogens with zero attached hydrogens (tertiary/aromatic N) is 3. The molecule has 42 heavy (non-hydrogen) atoms. The normalized spacial score (nSPS) is 16.3. The molecule has 1 aliphatic heterocycles. The number of carboxylic acid groups (broad SMARTS) is 1. The van der Waals surface area contributed by atoms with Crippen molar-refractivity contribution in [2.75, 3.05) is 23.7 Å². The van der Waals surface area contributed by atoms with E-state index in [2.05, 4.69) is 20.6 Å². The van der Waals surface area contributed by atoms with Gasteiger partial charge in [0, 0.05) is 36.5 Å². The molecule has 5 aromatic rings. The van der Waals surface area contributed by atoms with Gasteiger partial charge in [0.2, 0.25) is 5.91 Å². The summed E-state index contributed by atoms with van der Waals surface area (Å²) in [5.41, 5.74) is 4.66. The number of carbonyl (C=O) groups is 3. The van der Waals surface area contributed by atoms with E-state index in [1.165, 1.54) is 0 Å². The largest absolute Gasteiger partial charge is 0.481 e. The maximum atomic E-state index is 12.9. The van der Waals surface area contributed by atoms with Crippen LogP contribution in [0.4, 0.5) is 17.4 Å². The first-order valence-corrected chi connectivity index (χ1v) is 13.5. The first-order valence-electron chi connectivity index (χ1n) is 13.5. The van der Waals surface area contributed by atoms with Crippen molar-refractivity contribution < 1.29 is 23.9 Å². The number of anilines is 3. The second-order valence-electron chi connectivity index (χ2n) is 10.2. The minimum absolute atomic E-state index is 0.129. The van der Waals surface area contributed by atoms with Crippen molar-refractivity contribution in [2.24, 2.45) is 5.92 Å². The molecule has 3 N–H and O–H groups in total. The van der Waals surface area contributed by atoms with E-state index in [0.29, 0.717) is 34.9 Å². The zero-order valence-corrected chi connectivity index (χ0v) is 22.4. The number of amides is 2. The van der Waals surface area contributed by atoms with Crippen LogP contribution in [0.3, 0.4) is 0 Å². The molecular formula is C32H27N5O5. The van der Waals surface area contributed by atoms with Crippen LogP contribution in [0.2, 0.25) is 0 Å². The Morgan fingerprint density at radius 2 is 1.74 bits per heavy atom. The number of benzene rings is 3.